The van der Waals surface area contributed by atoms with Crippen molar-refractivity contribution in [2.75, 3.05) is 18.2 Å². The number of rotatable bonds is 4. The van der Waals surface area contributed by atoms with E-state index in [-0.39, 0.29) is 18.4 Å². The molecule has 0 spiro atoms. The average molecular weight is 282 g/mol. The number of carbonyl (C=O) groups is 1. The van der Waals surface area contributed by atoms with E-state index >= 15 is 0 Å². The van der Waals surface area contributed by atoms with Crippen molar-refractivity contribution in [2.24, 2.45) is 0 Å². The molecule has 3 N–H and O–H groups in total. The van der Waals surface area contributed by atoms with Gasteiger partial charge >= 0.3 is 0 Å². The number of nitrogen functional groups attached to an aromatic ring is 1. The maximum absolute atomic E-state index is 11.8. The molecule has 1 aromatic heterocycles. The summed E-state index contributed by atoms with van der Waals surface area (Å²) in [7, 11) is 1.53. The van der Waals surface area contributed by atoms with Crippen LogP contribution in [0.25, 0.3) is 0 Å². The molecule has 0 saturated heterocycles. The Balaban J connectivity index is 2.06. The minimum Gasteiger partial charge on any atom is -0.497 e. The van der Waals surface area contributed by atoms with Crippen LogP contribution < -0.4 is 15.8 Å². The lowest BCUT2D eigenvalue weighted by Gasteiger charge is -2.08. The van der Waals surface area contributed by atoms with Crippen LogP contribution in [0.1, 0.15) is 0 Å². The van der Waals surface area contributed by atoms with Gasteiger partial charge in [0.2, 0.25) is 11.9 Å². The van der Waals surface area contributed by atoms with Crippen LogP contribution in [0.15, 0.2) is 24.5 Å². The number of nitrogens with zero attached hydrogens (tertiary/aromatic N) is 3. The molecule has 0 bridgehead atoms. The van der Waals surface area contributed by atoms with Gasteiger partial charge in [-0.15, -0.1) is 5.10 Å². The normalized spacial score (nSPS) is 10.2. The first-order valence-electron chi connectivity index (χ1n) is 5.37. The third-order valence-corrected chi connectivity index (χ3v) is 2.64. The van der Waals surface area contributed by atoms with E-state index in [1.165, 1.54) is 18.1 Å². The summed E-state index contributed by atoms with van der Waals surface area (Å²) in [6.45, 7) is -0.00224. The number of nitrogens with one attached hydrogen (secondary N) is 1. The van der Waals surface area contributed by atoms with E-state index in [0.717, 1.165) is 0 Å². The van der Waals surface area contributed by atoms with E-state index in [1.807, 2.05) is 0 Å². The van der Waals surface area contributed by atoms with Gasteiger partial charge in [-0.25, -0.2) is 9.67 Å². The van der Waals surface area contributed by atoms with Gasteiger partial charge in [0.05, 0.1) is 17.8 Å². The van der Waals surface area contributed by atoms with Crippen LogP contribution in [-0.2, 0) is 11.3 Å². The summed E-state index contributed by atoms with van der Waals surface area (Å²) in [5.74, 6) is 0.428. The molecule has 2 rings (SSSR count). The number of halogens is 1. The van der Waals surface area contributed by atoms with E-state index in [0.29, 0.717) is 16.5 Å². The molecule has 19 heavy (non-hydrogen) atoms. The quantitative estimate of drug-likeness (QED) is 0.877. The van der Waals surface area contributed by atoms with Crippen molar-refractivity contribution >= 4 is 29.1 Å². The van der Waals surface area contributed by atoms with Crippen LogP contribution in [0.4, 0.5) is 11.6 Å². The summed E-state index contributed by atoms with van der Waals surface area (Å²) in [6.07, 6.45) is 1.38. The van der Waals surface area contributed by atoms with E-state index in [9.17, 15) is 4.79 Å². The number of hydrogen-bond donors (Lipinski definition) is 2. The first-order valence-corrected chi connectivity index (χ1v) is 5.74. The molecule has 0 aliphatic heterocycles. The zero-order valence-corrected chi connectivity index (χ0v) is 10.9. The van der Waals surface area contributed by atoms with Crippen LogP contribution in [0.5, 0.6) is 5.75 Å². The summed E-state index contributed by atoms with van der Waals surface area (Å²) in [4.78, 5) is 15.5. The molecule has 0 atom stereocenters. The van der Waals surface area contributed by atoms with Crippen molar-refractivity contribution in [1.82, 2.24) is 14.8 Å². The molecule has 8 heteroatoms. The number of nitrogens with two attached hydrogens (primary N) is 1. The average Bonchev–Trinajstić information content (AvgIpc) is 2.77. The summed E-state index contributed by atoms with van der Waals surface area (Å²) >= 11 is 5.98. The lowest BCUT2D eigenvalue weighted by Crippen LogP contribution is -2.19. The first-order chi connectivity index (χ1) is 9.08. The van der Waals surface area contributed by atoms with Crippen molar-refractivity contribution in [2.45, 2.75) is 6.54 Å². The monoisotopic (exact) mass is 281 g/mol. The Kier molecular flexibility index (Phi) is 3.86. The number of carbonyl (C=O) groups excluding carboxylic acids is 1. The fraction of sp³-hybridized carbons (Fsp3) is 0.182. The number of methoxy groups -OCH3 is 1. The largest absolute Gasteiger partial charge is 0.497 e. The van der Waals surface area contributed by atoms with Crippen LogP contribution >= 0.6 is 11.6 Å². The smallest absolute Gasteiger partial charge is 0.246 e. The van der Waals surface area contributed by atoms with E-state index in [4.69, 9.17) is 22.1 Å². The molecule has 0 aliphatic rings. The third-order valence-electron chi connectivity index (χ3n) is 2.31. The van der Waals surface area contributed by atoms with Crippen molar-refractivity contribution in [3.63, 3.8) is 0 Å². The fourth-order valence-corrected chi connectivity index (χ4v) is 1.61. The van der Waals surface area contributed by atoms with Crippen LogP contribution in [0.2, 0.25) is 5.02 Å². The SMILES string of the molecule is COc1ccc(Cl)c(NC(=O)Cn2cnc(N)n2)c1. The number of aromatic nitrogens is 3. The maximum atomic E-state index is 11.8. The highest BCUT2D eigenvalue weighted by Crippen LogP contribution is 2.26. The van der Waals surface area contributed by atoms with Gasteiger partial charge in [-0.3, -0.25) is 4.79 Å². The van der Waals surface area contributed by atoms with Crippen molar-refractivity contribution in [3.05, 3.63) is 29.5 Å². The Morgan fingerprint density at radius 1 is 1.58 bits per heavy atom. The van der Waals surface area contributed by atoms with Crippen LogP contribution in [-0.4, -0.2) is 27.8 Å². The van der Waals surface area contributed by atoms with Gasteiger partial charge < -0.3 is 15.8 Å². The second-order valence-corrected chi connectivity index (χ2v) is 4.10. The van der Waals surface area contributed by atoms with E-state index in [1.54, 1.807) is 18.2 Å². The minimum absolute atomic E-state index is 0.00224. The first kappa shape index (κ1) is 13.2. The molecule has 0 radical (unpaired) electrons. The van der Waals surface area contributed by atoms with Gasteiger partial charge in [-0.1, -0.05) is 11.6 Å². The molecule has 100 valence electrons. The summed E-state index contributed by atoms with van der Waals surface area (Å²) in [6, 6.07) is 4.98. The molecule has 7 nitrogen and oxygen atoms in total. The van der Waals surface area contributed by atoms with Crippen molar-refractivity contribution < 1.29 is 9.53 Å². The molecular formula is C11H12ClN5O2. The Morgan fingerprint density at radius 3 is 3.00 bits per heavy atom. The van der Waals surface area contributed by atoms with Crippen LogP contribution in [0, 0.1) is 0 Å². The number of ether oxygens (including phenoxy) is 1. The molecule has 1 heterocycles. The van der Waals surface area contributed by atoms with Gasteiger partial charge in [0.25, 0.3) is 0 Å². The predicted molar refractivity (Wildman–Crippen MR) is 71.1 cm³/mol. The predicted octanol–water partition coefficient (Wildman–Crippen LogP) is 1.16. The Morgan fingerprint density at radius 2 is 2.37 bits per heavy atom. The van der Waals surface area contributed by atoms with Crippen molar-refractivity contribution in [3.8, 4) is 5.75 Å². The topological polar surface area (TPSA) is 95.1 Å². The summed E-state index contributed by atoms with van der Waals surface area (Å²) in [5, 5.41) is 6.90. The molecule has 0 fully saturated rings. The highest BCUT2D eigenvalue weighted by atomic mass is 35.5. The number of anilines is 2. The maximum Gasteiger partial charge on any atom is 0.246 e. The number of hydrogen-bond acceptors (Lipinski definition) is 5. The van der Waals surface area contributed by atoms with E-state index in [2.05, 4.69) is 15.4 Å². The second kappa shape index (κ2) is 5.57. The molecule has 1 amide bonds. The summed E-state index contributed by atoms with van der Waals surface area (Å²) < 4.78 is 6.39. The molecular weight excluding hydrogens is 270 g/mol. The zero-order valence-electron chi connectivity index (χ0n) is 10.1. The number of amides is 1. The Labute approximate surface area is 114 Å². The highest BCUT2D eigenvalue weighted by molar-refractivity contribution is 6.33. The van der Waals surface area contributed by atoms with E-state index < -0.39 is 0 Å². The fourth-order valence-electron chi connectivity index (χ4n) is 1.45. The third kappa shape index (κ3) is 3.35. The lowest BCUT2D eigenvalue weighted by molar-refractivity contribution is -0.116. The van der Waals surface area contributed by atoms with Gasteiger partial charge in [0, 0.05) is 6.07 Å². The van der Waals surface area contributed by atoms with Gasteiger partial charge in [-0.2, -0.15) is 0 Å². The van der Waals surface area contributed by atoms with Gasteiger partial charge in [0.15, 0.2) is 0 Å². The summed E-state index contributed by atoms with van der Waals surface area (Å²) in [5.41, 5.74) is 5.83. The van der Waals surface area contributed by atoms with Crippen LogP contribution in [0.3, 0.4) is 0 Å². The van der Waals surface area contributed by atoms with Crippen molar-refractivity contribution in [1.29, 1.82) is 0 Å². The Bertz CT molecular complexity index is 599. The van der Waals surface area contributed by atoms with Gasteiger partial charge in [-0.05, 0) is 12.1 Å². The number of benzene rings is 1. The molecule has 0 saturated carbocycles. The molecule has 1 aromatic carbocycles. The second-order valence-electron chi connectivity index (χ2n) is 3.69. The van der Waals surface area contributed by atoms with Gasteiger partial charge in [0.1, 0.15) is 18.6 Å². The lowest BCUT2D eigenvalue weighted by atomic mass is 10.3. The standard InChI is InChI=1S/C11H12ClN5O2/c1-19-7-2-3-8(12)9(4-7)15-10(18)5-17-6-14-11(13)16-17/h2-4,6H,5H2,1H3,(H2,13,16)(H,15,18). The zero-order chi connectivity index (χ0) is 13.8. The molecule has 2 aromatic rings. The minimum atomic E-state index is -0.292. The highest BCUT2D eigenvalue weighted by Gasteiger charge is 2.09. The Hall–Kier alpha value is -2.28. The molecule has 0 unspecified atom stereocenters. The molecule has 0 aliphatic carbocycles.